The highest BCUT2D eigenvalue weighted by molar-refractivity contribution is 5.23. The van der Waals surface area contributed by atoms with Crippen LogP contribution in [0, 0.1) is 0 Å². The third-order valence-corrected chi connectivity index (χ3v) is 3.61. The molecule has 1 saturated carbocycles. The number of rotatable bonds is 9. The van der Waals surface area contributed by atoms with Gasteiger partial charge in [-0.05, 0) is 49.8 Å². The van der Waals surface area contributed by atoms with Crippen molar-refractivity contribution in [2.45, 2.75) is 64.6 Å². The van der Waals surface area contributed by atoms with Crippen molar-refractivity contribution in [3.8, 4) is 0 Å². The largest absolute Gasteiger partial charge is 0.314 e. The topological polar surface area (TPSA) is 24.1 Å². The zero-order chi connectivity index (χ0) is 13.5. The van der Waals surface area contributed by atoms with E-state index in [1.165, 1.54) is 49.8 Å². The molecule has 2 nitrogen and oxygen atoms in total. The fourth-order valence-corrected chi connectivity index (χ4v) is 2.26. The van der Waals surface area contributed by atoms with E-state index in [0.717, 1.165) is 12.6 Å². The van der Waals surface area contributed by atoms with Gasteiger partial charge in [-0.3, -0.25) is 0 Å². The smallest absolute Gasteiger partial charge is 0.0207 e. The van der Waals surface area contributed by atoms with Crippen LogP contribution in [0.2, 0.25) is 0 Å². The Bertz CT molecular complexity index is 369. The SMILES string of the molecule is CC(C)NCc1cccc(CCCCNC2CC2)c1. The number of benzene rings is 1. The second-order valence-corrected chi connectivity index (χ2v) is 6.04. The van der Waals surface area contributed by atoms with Crippen LogP contribution in [-0.2, 0) is 13.0 Å². The predicted octanol–water partition coefficient (Wildman–Crippen LogP) is 3.26. The molecule has 0 spiro atoms. The van der Waals surface area contributed by atoms with Gasteiger partial charge in [0, 0.05) is 18.6 Å². The van der Waals surface area contributed by atoms with E-state index in [1.807, 2.05) is 0 Å². The van der Waals surface area contributed by atoms with Gasteiger partial charge in [0.05, 0.1) is 0 Å². The van der Waals surface area contributed by atoms with Crippen molar-refractivity contribution in [2.24, 2.45) is 0 Å². The molecular weight excluding hydrogens is 232 g/mol. The Morgan fingerprint density at radius 2 is 1.95 bits per heavy atom. The minimum absolute atomic E-state index is 0.553. The molecule has 1 aromatic carbocycles. The van der Waals surface area contributed by atoms with Gasteiger partial charge in [0.1, 0.15) is 0 Å². The third kappa shape index (κ3) is 6.22. The molecule has 1 aliphatic rings. The fourth-order valence-electron chi connectivity index (χ4n) is 2.26. The van der Waals surface area contributed by atoms with E-state index in [9.17, 15) is 0 Å². The Labute approximate surface area is 118 Å². The van der Waals surface area contributed by atoms with Gasteiger partial charge >= 0.3 is 0 Å². The first-order valence-electron chi connectivity index (χ1n) is 7.78. The lowest BCUT2D eigenvalue weighted by Crippen LogP contribution is -2.21. The second kappa shape index (κ2) is 7.66. The molecule has 2 N–H and O–H groups in total. The summed E-state index contributed by atoms with van der Waals surface area (Å²) in [6.07, 6.45) is 6.59. The van der Waals surface area contributed by atoms with Crippen molar-refractivity contribution >= 4 is 0 Å². The maximum atomic E-state index is 3.58. The van der Waals surface area contributed by atoms with Gasteiger partial charge in [0.2, 0.25) is 0 Å². The van der Waals surface area contributed by atoms with Gasteiger partial charge in [-0.1, -0.05) is 38.1 Å². The van der Waals surface area contributed by atoms with Crippen molar-refractivity contribution in [3.05, 3.63) is 35.4 Å². The van der Waals surface area contributed by atoms with E-state index in [2.05, 4.69) is 48.7 Å². The van der Waals surface area contributed by atoms with Crippen LogP contribution in [0.15, 0.2) is 24.3 Å². The Kier molecular flexibility index (Phi) is 5.87. The van der Waals surface area contributed by atoms with E-state index < -0.39 is 0 Å². The zero-order valence-electron chi connectivity index (χ0n) is 12.4. The Morgan fingerprint density at radius 3 is 2.68 bits per heavy atom. The van der Waals surface area contributed by atoms with Crippen LogP contribution >= 0.6 is 0 Å². The summed E-state index contributed by atoms with van der Waals surface area (Å²) in [6, 6.07) is 10.4. The van der Waals surface area contributed by atoms with E-state index in [1.54, 1.807) is 0 Å². The normalized spacial score (nSPS) is 15.1. The lowest BCUT2D eigenvalue weighted by atomic mass is 10.0. The van der Waals surface area contributed by atoms with Crippen LogP contribution in [0.25, 0.3) is 0 Å². The third-order valence-electron chi connectivity index (χ3n) is 3.61. The van der Waals surface area contributed by atoms with Crippen molar-refractivity contribution in [1.29, 1.82) is 0 Å². The molecule has 0 amide bonds. The first-order chi connectivity index (χ1) is 9.24. The first kappa shape index (κ1) is 14.5. The number of nitrogens with one attached hydrogen (secondary N) is 2. The van der Waals surface area contributed by atoms with Crippen LogP contribution in [0.4, 0.5) is 0 Å². The highest BCUT2D eigenvalue weighted by Crippen LogP contribution is 2.18. The van der Waals surface area contributed by atoms with Crippen molar-refractivity contribution in [2.75, 3.05) is 6.54 Å². The number of hydrogen-bond acceptors (Lipinski definition) is 2. The van der Waals surface area contributed by atoms with Crippen LogP contribution in [0.5, 0.6) is 0 Å². The quantitative estimate of drug-likeness (QED) is 0.666. The van der Waals surface area contributed by atoms with Gasteiger partial charge in [-0.25, -0.2) is 0 Å². The first-order valence-corrected chi connectivity index (χ1v) is 7.78. The second-order valence-electron chi connectivity index (χ2n) is 6.04. The number of aryl methyl sites for hydroxylation is 1. The Hall–Kier alpha value is -0.860. The van der Waals surface area contributed by atoms with Crippen LogP contribution in [0.3, 0.4) is 0 Å². The molecule has 106 valence electrons. The average Bonchev–Trinajstić information content (AvgIpc) is 3.21. The van der Waals surface area contributed by atoms with E-state index in [-0.39, 0.29) is 0 Å². The van der Waals surface area contributed by atoms with Gasteiger partial charge in [-0.15, -0.1) is 0 Å². The molecule has 2 heteroatoms. The molecule has 0 atom stereocenters. The highest BCUT2D eigenvalue weighted by atomic mass is 14.9. The molecule has 0 aliphatic heterocycles. The molecule has 0 saturated heterocycles. The van der Waals surface area contributed by atoms with Gasteiger partial charge in [0.25, 0.3) is 0 Å². The van der Waals surface area contributed by atoms with E-state index >= 15 is 0 Å². The minimum atomic E-state index is 0.553. The van der Waals surface area contributed by atoms with Gasteiger partial charge in [-0.2, -0.15) is 0 Å². The zero-order valence-corrected chi connectivity index (χ0v) is 12.4. The summed E-state index contributed by atoms with van der Waals surface area (Å²) >= 11 is 0. The molecule has 0 unspecified atom stereocenters. The molecule has 1 aromatic rings. The van der Waals surface area contributed by atoms with Gasteiger partial charge in [0.15, 0.2) is 0 Å². The number of hydrogen-bond donors (Lipinski definition) is 2. The summed E-state index contributed by atoms with van der Waals surface area (Å²) in [5.74, 6) is 0. The van der Waals surface area contributed by atoms with E-state index in [4.69, 9.17) is 0 Å². The van der Waals surface area contributed by atoms with Crippen molar-refractivity contribution in [3.63, 3.8) is 0 Å². The molecule has 0 radical (unpaired) electrons. The van der Waals surface area contributed by atoms with Crippen molar-refractivity contribution in [1.82, 2.24) is 10.6 Å². The summed E-state index contributed by atoms with van der Waals surface area (Å²) < 4.78 is 0. The fraction of sp³-hybridized carbons (Fsp3) is 0.647. The standard InChI is InChI=1S/C17H28N2/c1-14(2)19-13-16-8-5-7-15(12-16)6-3-4-11-18-17-9-10-17/h5,7-8,12,14,17-19H,3-4,6,9-11,13H2,1-2H3. The van der Waals surface area contributed by atoms with E-state index in [0.29, 0.717) is 6.04 Å². The molecule has 1 fully saturated rings. The average molecular weight is 260 g/mol. The summed E-state index contributed by atoms with van der Waals surface area (Å²) in [5, 5.41) is 7.05. The van der Waals surface area contributed by atoms with Gasteiger partial charge < -0.3 is 10.6 Å². The Balaban J connectivity index is 1.65. The van der Waals surface area contributed by atoms with Crippen LogP contribution in [-0.4, -0.2) is 18.6 Å². The summed E-state index contributed by atoms with van der Waals surface area (Å²) in [5.41, 5.74) is 2.89. The lowest BCUT2D eigenvalue weighted by Gasteiger charge is -2.09. The monoisotopic (exact) mass is 260 g/mol. The minimum Gasteiger partial charge on any atom is -0.314 e. The molecule has 0 bridgehead atoms. The van der Waals surface area contributed by atoms with Crippen molar-refractivity contribution < 1.29 is 0 Å². The lowest BCUT2D eigenvalue weighted by molar-refractivity contribution is 0.588. The molecule has 0 aromatic heterocycles. The summed E-state index contributed by atoms with van der Waals surface area (Å²) in [6.45, 7) is 6.56. The van der Waals surface area contributed by atoms with Crippen LogP contribution in [0.1, 0.15) is 50.7 Å². The number of unbranched alkanes of at least 4 members (excludes halogenated alkanes) is 1. The molecule has 0 heterocycles. The Morgan fingerprint density at radius 1 is 1.16 bits per heavy atom. The maximum Gasteiger partial charge on any atom is 0.0207 e. The van der Waals surface area contributed by atoms with Crippen LogP contribution < -0.4 is 10.6 Å². The molecule has 1 aliphatic carbocycles. The molecule has 19 heavy (non-hydrogen) atoms. The molecule has 2 rings (SSSR count). The summed E-state index contributed by atoms with van der Waals surface area (Å²) in [7, 11) is 0. The molecular formula is C17H28N2. The summed E-state index contributed by atoms with van der Waals surface area (Å²) in [4.78, 5) is 0. The predicted molar refractivity (Wildman–Crippen MR) is 82.4 cm³/mol. The highest BCUT2D eigenvalue weighted by Gasteiger charge is 2.19. The maximum absolute atomic E-state index is 3.58.